The van der Waals surface area contributed by atoms with E-state index in [1.807, 2.05) is 12.1 Å². The fourth-order valence-corrected chi connectivity index (χ4v) is 3.67. The van der Waals surface area contributed by atoms with E-state index in [2.05, 4.69) is 0 Å². The molecule has 6 heteroatoms. The van der Waals surface area contributed by atoms with Gasteiger partial charge in [0.25, 0.3) is 0 Å². The van der Waals surface area contributed by atoms with Gasteiger partial charge < -0.3 is 4.57 Å². The Hall–Kier alpha value is -2.81. The Kier molecular flexibility index (Phi) is 4.75. The first-order valence-corrected chi connectivity index (χ1v) is 9.24. The third-order valence-electron chi connectivity index (χ3n) is 3.62. The van der Waals surface area contributed by atoms with E-state index in [0.29, 0.717) is 10.7 Å². The summed E-state index contributed by atoms with van der Waals surface area (Å²) < 4.78 is 27.1. The quantitative estimate of drug-likeness (QED) is 0.638. The zero-order valence-corrected chi connectivity index (χ0v) is 14.6. The number of hydrogen-bond acceptors (Lipinski definition) is 3. The molecule has 0 aliphatic rings. The van der Waals surface area contributed by atoms with Crippen molar-refractivity contribution in [1.29, 1.82) is 5.26 Å². The number of allylic oxidation sites excluding steroid dienone is 1. The summed E-state index contributed by atoms with van der Waals surface area (Å²) in [6.45, 7) is 0. The number of halogens is 1. The van der Waals surface area contributed by atoms with Crippen molar-refractivity contribution in [3.63, 3.8) is 0 Å². The Bertz CT molecular complexity index is 1060. The molecule has 0 amide bonds. The molecule has 0 N–H and O–H groups in total. The van der Waals surface area contributed by atoms with E-state index in [1.54, 1.807) is 59.3 Å². The van der Waals surface area contributed by atoms with Gasteiger partial charge in [-0.3, -0.25) is 0 Å². The van der Waals surface area contributed by atoms with E-state index in [1.165, 1.54) is 18.2 Å². The van der Waals surface area contributed by atoms with Crippen molar-refractivity contribution >= 4 is 27.5 Å². The van der Waals surface area contributed by atoms with Gasteiger partial charge >= 0.3 is 0 Å². The molecule has 0 unspecified atom stereocenters. The van der Waals surface area contributed by atoms with Crippen LogP contribution in [0.4, 0.5) is 0 Å². The van der Waals surface area contributed by atoms with E-state index < -0.39 is 9.84 Å². The average Bonchev–Trinajstić information content (AvgIpc) is 3.09. The molecule has 0 saturated heterocycles. The Labute approximate surface area is 151 Å². The number of aromatic nitrogens is 1. The van der Waals surface area contributed by atoms with Gasteiger partial charge in [-0.15, -0.1) is 0 Å². The fraction of sp³-hybridized carbons (Fsp3) is 0. The minimum Gasteiger partial charge on any atom is -0.317 e. The third-order valence-corrected chi connectivity index (χ3v) is 5.55. The molecule has 0 atom stereocenters. The summed E-state index contributed by atoms with van der Waals surface area (Å²) in [5, 5.41) is 10.0. The van der Waals surface area contributed by atoms with E-state index in [9.17, 15) is 13.7 Å². The normalized spacial score (nSPS) is 11.9. The zero-order chi connectivity index (χ0) is 17.9. The summed E-state index contributed by atoms with van der Waals surface area (Å²) in [5.74, 6) is 0. The highest BCUT2D eigenvalue weighted by Gasteiger charge is 2.21. The minimum absolute atomic E-state index is 0.0902. The van der Waals surface area contributed by atoms with E-state index in [-0.39, 0.29) is 9.80 Å². The second-order valence-corrected chi connectivity index (χ2v) is 7.57. The van der Waals surface area contributed by atoms with Crippen LogP contribution in [0.3, 0.4) is 0 Å². The van der Waals surface area contributed by atoms with Crippen molar-refractivity contribution in [3.8, 4) is 11.8 Å². The Morgan fingerprint density at radius 3 is 2.32 bits per heavy atom. The molecule has 0 bridgehead atoms. The lowest BCUT2D eigenvalue weighted by Crippen LogP contribution is -2.04. The van der Waals surface area contributed by atoms with Gasteiger partial charge in [-0.1, -0.05) is 29.8 Å². The molecule has 0 saturated carbocycles. The van der Waals surface area contributed by atoms with Crippen molar-refractivity contribution in [2.75, 3.05) is 0 Å². The standard InChI is InChI=1S/C19H13ClN2O2S/c20-15-8-10-16(11-9-15)22-12-4-5-17(22)13-19(14-21)25(23,24)18-6-2-1-3-7-18/h1-13H/b19-13+. The van der Waals surface area contributed by atoms with Gasteiger partial charge in [0, 0.05) is 22.6 Å². The topological polar surface area (TPSA) is 62.9 Å². The molecule has 1 heterocycles. The number of sulfone groups is 1. The van der Waals surface area contributed by atoms with Gasteiger partial charge in [0.05, 0.1) is 4.90 Å². The maximum Gasteiger partial charge on any atom is 0.216 e. The first kappa shape index (κ1) is 17.0. The predicted molar refractivity (Wildman–Crippen MR) is 98.0 cm³/mol. The Balaban J connectivity index is 2.07. The summed E-state index contributed by atoms with van der Waals surface area (Å²) >= 11 is 5.90. The van der Waals surface area contributed by atoms with Crippen LogP contribution >= 0.6 is 11.6 Å². The second kappa shape index (κ2) is 6.98. The number of nitriles is 1. The summed E-state index contributed by atoms with van der Waals surface area (Å²) in [6, 6.07) is 20.4. The molecule has 4 nitrogen and oxygen atoms in total. The van der Waals surface area contributed by atoms with Gasteiger partial charge in [0.2, 0.25) is 9.84 Å². The minimum atomic E-state index is -3.87. The van der Waals surface area contributed by atoms with Crippen LogP contribution in [-0.2, 0) is 9.84 Å². The third kappa shape index (κ3) is 3.50. The van der Waals surface area contributed by atoms with E-state index in [0.717, 1.165) is 5.69 Å². The predicted octanol–water partition coefficient (Wildman–Crippen LogP) is 4.47. The lowest BCUT2D eigenvalue weighted by Gasteiger charge is -2.08. The van der Waals surface area contributed by atoms with Crippen LogP contribution in [0.15, 0.2) is 82.7 Å². The van der Waals surface area contributed by atoms with Gasteiger partial charge in [-0.25, -0.2) is 8.42 Å². The first-order valence-electron chi connectivity index (χ1n) is 7.37. The van der Waals surface area contributed by atoms with Crippen molar-refractivity contribution in [2.45, 2.75) is 4.90 Å². The molecule has 124 valence electrons. The number of hydrogen-bond donors (Lipinski definition) is 0. The highest BCUT2D eigenvalue weighted by molar-refractivity contribution is 7.95. The van der Waals surface area contributed by atoms with Crippen LogP contribution in [0.25, 0.3) is 11.8 Å². The number of rotatable bonds is 4. The van der Waals surface area contributed by atoms with E-state index in [4.69, 9.17) is 11.6 Å². The first-order chi connectivity index (χ1) is 12.0. The van der Waals surface area contributed by atoms with Gasteiger partial charge in [0.15, 0.2) is 4.91 Å². The van der Waals surface area contributed by atoms with Crippen LogP contribution in [0.1, 0.15) is 5.69 Å². The molecular formula is C19H13ClN2O2S. The van der Waals surface area contributed by atoms with Gasteiger partial charge in [-0.2, -0.15) is 5.26 Å². The van der Waals surface area contributed by atoms with Crippen molar-refractivity contribution in [2.24, 2.45) is 0 Å². The molecule has 0 radical (unpaired) electrons. The van der Waals surface area contributed by atoms with Gasteiger partial charge in [0.1, 0.15) is 6.07 Å². The zero-order valence-electron chi connectivity index (χ0n) is 13.0. The average molecular weight is 369 g/mol. The number of nitrogens with zero attached hydrogens (tertiary/aromatic N) is 2. The molecule has 0 spiro atoms. The second-order valence-electron chi connectivity index (χ2n) is 5.22. The molecule has 1 aromatic heterocycles. The van der Waals surface area contributed by atoms with Gasteiger partial charge in [-0.05, 0) is 54.6 Å². The van der Waals surface area contributed by atoms with E-state index >= 15 is 0 Å². The molecule has 3 aromatic rings. The summed E-state index contributed by atoms with van der Waals surface area (Å²) in [4.78, 5) is -0.222. The largest absolute Gasteiger partial charge is 0.317 e. The number of benzene rings is 2. The molecular weight excluding hydrogens is 356 g/mol. The monoisotopic (exact) mass is 368 g/mol. The Morgan fingerprint density at radius 2 is 1.68 bits per heavy atom. The lowest BCUT2D eigenvalue weighted by molar-refractivity contribution is 0.603. The van der Waals surface area contributed by atoms with Crippen LogP contribution in [-0.4, -0.2) is 13.0 Å². The van der Waals surface area contributed by atoms with Crippen LogP contribution in [0.2, 0.25) is 5.02 Å². The maximum atomic E-state index is 12.7. The highest BCUT2D eigenvalue weighted by Crippen LogP contribution is 2.23. The molecule has 2 aromatic carbocycles. The van der Waals surface area contributed by atoms with Crippen LogP contribution < -0.4 is 0 Å². The van der Waals surface area contributed by atoms with Crippen molar-refractivity contribution in [3.05, 3.63) is 88.5 Å². The lowest BCUT2D eigenvalue weighted by atomic mass is 10.3. The van der Waals surface area contributed by atoms with Crippen molar-refractivity contribution in [1.82, 2.24) is 4.57 Å². The molecule has 25 heavy (non-hydrogen) atoms. The van der Waals surface area contributed by atoms with Crippen LogP contribution in [0.5, 0.6) is 0 Å². The molecule has 0 aliphatic carbocycles. The molecule has 0 fully saturated rings. The maximum absolute atomic E-state index is 12.7. The summed E-state index contributed by atoms with van der Waals surface area (Å²) in [6.07, 6.45) is 3.16. The highest BCUT2D eigenvalue weighted by atomic mass is 35.5. The van der Waals surface area contributed by atoms with Crippen LogP contribution in [0, 0.1) is 11.3 Å². The Morgan fingerprint density at radius 1 is 1.00 bits per heavy atom. The summed E-state index contributed by atoms with van der Waals surface area (Å²) in [7, 11) is -3.87. The summed E-state index contributed by atoms with van der Waals surface area (Å²) in [5.41, 5.74) is 1.40. The fourth-order valence-electron chi connectivity index (χ4n) is 2.38. The molecule has 0 aliphatic heterocycles. The van der Waals surface area contributed by atoms with Crippen molar-refractivity contribution < 1.29 is 8.42 Å². The smallest absolute Gasteiger partial charge is 0.216 e. The SMILES string of the molecule is N#C/C(=C\c1cccn1-c1ccc(Cl)cc1)S(=O)(=O)c1ccccc1. The molecule has 3 rings (SSSR count).